The van der Waals surface area contributed by atoms with Crippen LogP contribution >= 0.6 is 0 Å². The summed E-state index contributed by atoms with van der Waals surface area (Å²) in [4.78, 5) is 30.0. The monoisotopic (exact) mass is 288 g/mol. The van der Waals surface area contributed by atoms with E-state index in [1.165, 1.54) is 0 Å². The third kappa shape index (κ3) is 2.52. The number of pyridine rings is 1. The Balaban J connectivity index is 1.90. The van der Waals surface area contributed by atoms with E-state index in [0.717, 1.165) is 31.4 Å². The third-order valence-corrected chi connectivity index (χ3v) is 4.77. The molecule has 1 aromatic heterocycles. The highest BCUT2D eigenvalue weighted by Gasteiger charge is 2.47. The lowest BCUT2D eigenvalue weighted by molar-refractivity contribution is -0.141. The maximum absolute atomic E-state index is 12.8. The minimum Gasteiger partial charge on any atom is -0.480 e. The van der Waals surface area contributed by atoms with Gasteiger partial charge in [-0.05, 0) is 44.2 Å². The highest BCUT2D eigenvalue weighted by Crippen LogP contribution is 2.40. The number of rotatable bonds is 2. The Labute approximate surface area is 124 Å². The molecule has 5 heteroatoms. The Bertz CT molecular complexity index is 555. The van der Waals surface area contributed by atoms with Gasteiger partial charge in [0, 0.05) is 17.9 Å². The topological polar surface area (TPSA) is 70.5 Å². The van der Waals surface area contributed by atoms with Crippen LogP contribution in [0, 0.1) is 12.8 Å². The van der Waals surface area contributed by atoms with Gasteiger partial charge in [0.15, 0.2) is 0 Å². The standard InChI is InChI=1S/C16H20N2O3/c1-10-6-7-12(9-17-10)15(19)18-13-5-3-2-4-11(13)8-14(18)16(20)21/h6-7,9,11,13-14H,2-5,8H2,1H3,(H,20,21). The number of carbonyl (C=O) groups excluding carboxylic acids is 1. The van der Waals surface area contributed by atoms with E-state index in [-0.39, 0.29) is 11.9 Å². The number of amides is 1. The van der Waals surface area contributed by atoms with Crippen molar-refractivity contribution in [2.75, 3.05) is 0 Å². The summed E-state index contributed by atoms with van der Waals surface area (Å²) in [7, 11) is 0. The molecular weight excluding hydrogens is 268 g/mol. The van der Waals surface area contributed by atoms with E-state index in [1.807, 2.05) is 6.92 Å². The largest absolute Gasteiger partial charge is 0.480 e. The Morgan fingerprint density at radius 1 is 1.29 bits per heavy atom. The van der Waals surface area contributed by atoms with Crippen LogP contribution in [0.4, 0.5) is 0 Å². The van der Waals surface area contributed by atoms with Gasteiger partial charge in [0.25, 0.3) is 5.91 Å². The van der Waals surface area contributed by atoms with Gasteiger partial charge in [0.1, 0.15) is 6.04 Å². The molecule has 112 valence electrons. The number of carboxylic acid groups (broad SMARTS) is 1. The zero-order valence-corrected chi connectivity index (χ0v) is 12.2. The molecule has 0 bridgehead atoms. The lowest BCUT2D eigenvalue weighted by Crippen LogP contribution is -2.46. The van der Waals surface area contributed by atoms with Crippen molar-refractivity contribution in [2.24, 2.45) is 5.92 Å². The van der Waals surface area contributed by atoms with Gasteiger partial charge in [-0.15, -0.1) is 0 Å². The van der Waals surface area contributed by atoms with E-state index in [4.69, 9.17) is 0 Å². The molecule has 1 aliphatic heterocycles. The Hall–Kier alpha value is -1.91. The van der Waals surface area contributed by atoms with Crippen molar-refractivity contribution in [2.45, 2.75) is 51.1 Å². The molecule has 21 heavy (non-hydrogen) atoms. The fraction of sp³-hybridized carbons (Fsp3) is 0.562. The van der Waals surface area contributed by atoms with Crippen molar-refractivity contribution < 1.29 is 14.7 Å². The van der Waals surface area contributed by atoms with E-state index in [1.54, 1.807) is 23.2 Å². The van der Waals surface area contributed by atoms with Crippen LogP contribution < -0.4 is 0 Å². The number of hydrogen-bond donors (Lipinski definition) is 1. The molecule has 2 heterocycles. The Morgan fingerprint density at radius 2 is 2.05 bits per heavy atom. The summed E-state index contributed by atoms with van der Waals surface area (Å²) in [6.07, 6.45) is 6.30. The van der Waals surface area contributed by atoms with Gasteiger partial charge >= 0.3 is 5.97 Å². The van der Waals surface area contributed by atoms with Crippen LogP contribution in [0.3, 0.4) is 0 Å². The van der Waals surface area contributed by atoms with Gasteiger partial charge in [0.05, 0.1) is 5.56 Å². The number of aromatic nitrogens is 1. The van der Waals surface area contributed by atoms with Crippen molar-refractivity contribution >= 4 is 11.9 Å². The van der Waals surface area contributed by atoms with Crippen molar-refractivity contribution in [1.82, 2.24) is 9.88 Å². The van der Waals surface area contributed by atoms with Gasteiger partial charge in [-0.25, -0.2) is 4.79 Å². The molecule has 2 fully saturated rings. The van der Waals surface area contributed by atoms with E-state index >= 15 is 0 Å². The minimum atomic E-state index is -0.891. The quantitative estimate of drug-likeness (QED) is 0.906. The molecule has 0 aromatic carbocycles. The van der Waals surface area contributed by atoms with Crippen LogP contribution in [0.2, 0.25) is 0 Å². The molecule has 1 saturated carbocycles. The number of aliphatic carboxylic acids is 1. The summed E-state index contributed by atoms with van der Waals surface area (Å²) < 4.78 is 0. The molecular formula is C16H20N2O3. The molecule has 3 atom stereocenters. The van der Waals surface area contributed by atoms with Crippen molar-refractivity contribution in [3.05, 3.63) is 29.6 Å². The van der Waals surface area contributed by atoms with Crippen LogP contribution in [-0.4, -0.2) is 39.0 Å². The molecule has 1 N–H and O–H groups in total. The predicted molar refractivity (Wildman–Crippen MR) is 76.9 cm³/mol. The average Bonchev–Trinajstić information content (AvgIpc) is 2.87. The Kier molecular flexibility index (Phi) is 3.66. The first-order chi connectivity index (χ1) is 10.1. The number of fused-ring (bicyclic) bond motifs is 1. The minimum absolute atomic E-state index is 0.0775. The Morgan fingerprint density at radius 3 is 2.71 bits per heavy atom. The molecule has 3 rings (SSSR count). The van der Waals surface area contributed by atoms with Crippen LogP contribution in [0.25, 0.3) is 0 Å². The van der Waals surface area contributed by atoms with E-state index in [9.17, 15) is 14.7 Å². The predicted octanol–water partition coefficient (Wildman–Crippen LogP) is 2.25. The molecule has 0 radical (unpaired) electrons. The number of carboxylic acids is 1. The first-order valence-electron chi connectivity index (χ1n) is 7.56. The van der Waals surface area contributed by atoms with Crippen LogP contribution in [-0.2, 0) is 4.79 Å². The van der Waals surface area contributed by atoms with Gasteiger partial charge in [-0.1, -0.05) is 12.8 Å². The van der Waals surface area contributed by atoms with E-state index < -0.39 is 12.0 Å². The second kappa shape index (κ2) is 5.47. The fourth-order valence-electron chi connectivity index (χ4n) is 3.72. The molecule has 3 unspecified atom stereocenters. The summed E-state index contributed by atoms with van der Waals surface area (Å²) in [5, 5.41) is 9.46. The maximum atomic E-state index is 12.8. The number of hydrogen-bond acceptors (Lipinski definition) is 3. The van der Waals surface area contributed by atoms with Crippen LogP contribution in [0.1, 0.15) is 48.2 Å². The molecule has 1 aliphatic carbocycles. The number of aryl methyl sites for hydroxylation is 1. The highest BCUT2D eigenvalue weighted by atomic mass is 16.4. The highest BCUT2D eigenvalue weighted by molar-refractivity contribution is 5.97. The maximum Gasteiger partial charge on any atom is 0.326 e. The lowest BCUT2D eigenvalue weighted by Gasteiger charge is -2.33. The van der Waals surface area contributed by atoms with Crippen molar-refractivity contribution in [3.8, 4) is 0 Å². The smallest absolute Gasteiger partial charge is 0.326 e. The fourth-order valence-corrected chi connectivity index (χ4v) is 3.72. The van der Waals surface area contributed by atoms with E-state index in [0.29, 0.717) is 17.9 Å². The normalized spacial score (nSPS) is 28.2. The lowest BCUT2D eigenvalue weighted by atomic mass is 9.84. The zero-order valence-electron chi connectivity index (χ0n) is 12.2. The van der Waals surface area contributed by atoms with Crippen molar-refractivity contribution in [3.63, 3.8) is 0 Å². The average molecular weight is 288 g/mol. The summed E-state index contributed by atoms with van der Waals surface area (Å²) in [6.45, 7) is 1.86. The van der Waals surface area contributed by atoms with Crippen LogP contribution in [0.15, 0.2) is 18.3 Å². The first kappa shape index (κ1) is 14.0. The first-order valence-corrected chi connectivity index (χ1v) is 7.56. The van der Waals surface area contributed by atoms with Gasteiger partial charge in [0.2, 0.25) is 0 Å². The summed E-state index contributed by atoms with van der Waals surface area (Å²) in [5.74, 6) is -0.746. The number of nitrogens with zero attached hydrogens (tertiary/aromatic N) is 2. The second-order valence-electron chi connectivity index (χ2n) is 6.10. The summed E-state index contributed by atoms with van der Waals surface area (Å²) >= 11 is 0. The second-order valence-corrected chi connectivity index (χ2v) is 6.10. The molecule has 1 amide bonds. The molecule has 1 saturated heterocycles. The van der Waals surface area contributed by atoms with Crippen LogP contribution in [0.5, 0.6) is 0 Å². The van der Waals surface area contributed by atoms with Gasteiger partial charge in [-0.2, -0.15) is 0 Å². The molecule has 5 nitrogen and oxygen atoms in total. The summed E-state index contributed by atoms with van der Waals surface area (Å²) in [5.41, 5.74) is 1.33. The summed E-state index contributed by atoms with van der Waals surface area (Å²) in [6, 6.07) is 2.91. The molecule has 2 aliphatic rings. The zero-order chi connectivity index (χ0) is 15.0. The number of carbonyl (C=O) groups is 2. The van der Waals surface area contributed by atoms with E-state index in [2.05, 4.69) is 4.98 Å². The van der Waals surface area contributed by atoms with Crippen molar-refractivity contribution in [1.29, 1.82) is 0 Å². The SMILES string of the molecule is Cc1ccc(C(=O)N2C(C(=O)O)CC3CCCCC32)cn1. The molecule has 1 aromatic rings. The molecule has 0 spiro atoms. The van der Waals surface area contributed by atoms with Gasteiger partial charge < -0.3 is 10.0 Å². The van der Waals surface area contributed by atoms with Gasteiger partial charge in [-0.3, -0.25) is 9.78 Å². The third-order valence-electron chi connectivity index (χ3n) is 4.77. The number of likely N-dealkylation sites (tertiary alicyclic amines) is 1.